The van der Waals surface area contributed by atoms with Crippen molar-refractivity contribution in [3.63, 3.8) is 0 Å². The molecule has 5 nitrogen and oxygen atoms in total. The first-order valence-electron chi connectivity index (χ1n) is 8.11. The Balaban J connectivity index is 1.50. The van der Waals surface area contributed by atoms with Gasteiger partial charge >= 0.3 is 0 Å². The molecule has 0 bridgehead atoms. The minimum atomic E-state index is -0.664. The topological polar surface area (TPSA) is 59.9 Å². The van der Waals surface area contributed by atoms with Gasteiger partial charge < -0.3 is 14.9 Å². The van der Waals surface area contributed by atoms with Crippen LogP contribution < -0.4 is 10.1 Å². The average molecular weight is 359 g/mol. The van der Waals surface area contributed by atoms with Crippen LogP contribution in [0.5, 0.6) is 5.75 Å². The highest BCUT2D eigenvalue weighted by Crippen LogP contribution is 2.27. The van der Waals surface area contributed by atoms with Crippen molar-refractivity contribution in [2.75, 3.05) is 13.2 Å². The van der Waals surface area contributed by atoms with Gasteiger partial charge in [-0.1, -0.05) is 60.1 Å². The summed E-state index contributed by atoms with van der Waals surface area (Å²) in [6, 6.07) is 16.8. The third-order valence-electron chi connectivity index (χ3n) is 3.97. The fraction of sp³-hybridized carbons (Fsp3) is 0.263. The zero-order valence-corrected chi connectivity index (χ0v) is 14.6. The quantitative estimate of drug-likeness (QED) is 0.806. The van der Waals surface area contributed by atoms with Gasteiger partial charge in [0.25, 0.3) is 5.91 Å². The molecule has 0 spiro atoms. The second kappa shape index (κ2) is 8.03. The highest BCUT2D eigenvalue weighted by Gasteiger charge is 2.37. The third-order valence-corrected chi connectivity index (χ3v) is 4.30. The molecule has 1 amide bonds. The van der Waals surface area contributed by atoms with E-state index in [4.69, 9.17) is 21.2 Å². The molecule has 1 aliphatic rings. The van der Waals surface area contributed by atoms with Crippen LogP contribution in [0.4, 0.5) is 0 Å². The average Bonchev–Trinajstić information content (AvgIpc) is 3.01. The van der Waals surface area contributed by atoms with Gasteiger partial charge in [-0.2, -0.15) is 0 Å². The van der Waals surface area contributed by atoms with Crippen molar-refractivity contribution in [2.24, 2.45) is 11.1 Å². The Morgan fingerprint density at radius 1 is 1.20 bits per heavy atom. The molecule has 0 fully saturated rings. The lowest BCUT2D eigenvalue weighted by atomic mass is 9.94. The molecule has 0 aliphatic carbocycles. The highest BCUT2D eigenvalue weighted by atomic mass is 35.5. The molecule has 1 N–H and O–H groups in total. The lowest BCUT2D eigenvalue weighted by Crippen LogP contribution is -2.40. The number of nitrogens with one attached hydrogen (secondary N) is 1. The maximum Gasteiger partial charge on any atom is 0.264 e. The van der Waals surface area contributed by atoms with Gasteiger partial charge in [-0.15, -0.1) is 0 Å². The third kappa shape index (κ3) is 4.12. The predicted molar refractivity (Wildman–Crippen MR) is 97.0 cm³/mol. The lowest BCUT2D eigenvalue weighted by molar-refractivity contribution is -0.132. The maximum absolute atomic E-state index is 12.3. The summed E-state index contributed by atoms with van der Waals surface area (Å²) in [6.07, 6.45) is -0.664. The van der Waals surface area contributed by atoms with E-state index in [1.807, 2.05) is 55.5 Å². The van der Waals surface area contributed by atoms with E-state index in [0.29, 0.717) is 23.9 Å². The summed E-state index contributed by atoms with van der Waals surface area (Å²) in [5, 5.41) is 7.47. The van der Waals surface area contributed by atoms with Gasteiger partial charge in [0.15, 0.2) is 0 Å². The van der Waals surface area contributed by atoms with Crippen LogP contribution >= 0.6 is 11.6 Å². The molecular weight excluding hydrogens is 340 g/mol. The number of ether oxygens (including phenoxy) is 1. The molecule has 2 aromatic carbocycles. The fourth-order valence-electron chi connectivity index (χ4n) is 2.63. The van der Waals surface area contributed by atoms with Crippen molar-refractivity contribution in [2.45, 2.75) is 13.0 Å². The van der Waals surface area contributed by atoms with Gasteiger partial charge in [0.2, 0.25) is 6.10 Å². The fourth-order valence-corrected chi connectivity index (χ4v) is 2.86. The van der Waals surface area contributed by atoms with E-state index in [0.717, 1.165) is 11.3 Å². The van der Waals surface area contributed by atoms with E-state index >= 15 is 0 Å². The summed E-state index contributed by atoms with van der Waals surface area (Å²) < 4.78 is 5.55. The van der Waals surface area contributed by atoms with Crippen LogP contribution in [0.15, 0.2) is 59.8 Å². The molecule has 0 radical (unpaired) electrons. The number of nitrogens with zero attached hydrogens (tertiary/aromatic N) is 1. The minimum absolute atomic E-state index is 0.185. The molecule has 0 unspecified atom stereocenters. The van der Waals surface area contributed by atoms with Gasteiger partial charge in [-0.05, 0) is 18.2 Å². The Hall–Kier alpha value is -2.53. The summed E-state index contributed by atoms with van der Waals surface area (Å²) in [5.74, 6) is 0.372. The Kier molecular flexibility index (Phi) is 5.56. The van der Waals surface area contributed by atoms with E-state index in [1.54, 1.807) is 6.07 Å². The van der Waals surface area contributed by atoms with E-state index in [2.05, 4.69) is 10.5 Å². The van der Waals surface area contributed by atoms with Crippen molar-refractivity contribution in [3.8, 4) is 5.75 Å². The summed E-state index contributed by atoms with van der Waals surface area (Å²) in [4.78, 5) is 17.7. The normalized spacial score (nSPS) is 19.0. The van der Waals surface area contributed by atoms with Crippen molar-refractivity contribution in [3.05, 3.63) is 65.2 Å². The lowest BCUT2D eigenvalue weighted by Gasteiger charge is -2.15. The van der Waals surface area contributed by atoms with Crippen LogP contribution in [0.2, 0.25) is 5.02 Å². The van der Waals surface area contributed by atoms with Crippen molar-refractivity contribution in [1.82, 2.24) is 5.32 Å². The Morgan fingerprint density at radius 3 is 2.68 bits per heavy atom. The summed E-state index contributed by atoms with van der Waals surface area (Å²) >= 11 is 6.20. The minimum Gasteiger partial charge on any atom is -0.492 e. The molecule has 25 heavy (non-hydrogen) atoms. The number of hydrogen-bond donors (Lipinski definition) is 1. The molecule has 2 aromatic rings. The smallest absolute Gasteiger partial charge is 0.264 e. The van der Waals surface area contributed by atoms with E-state index in [9.17, 15) is 4.79 Å². The van der Waals surface area contributed by atoms with Gasteiger partial charge in [0, 0.05) is 10.6 Å². The number of amides is 1. The first kappa shape index (κ1) is 17.3. The SMILES string of the molecule is C[C@@H]1C(c2ccccc2Cl)=NO[C@@H]1C(=O)NCCOc1ccccc1. The van der Waals surface area contributed by atoms with Gasteiger partial charge in [-0.3, -0.25) is 4.79 Å². The highest BCUT2D eigenvalue weighted by molar-refractivity contribution is 6.34. The van der Waals surface area contributed by atoms with Gasteiger partial charge in [-0.25, -0.2) is 0 Å². The molecule has 0 aromatic heterocycles. The molecule has 1 heterocycles. The molecular formula is C19H19ClN2O3. The summed E-state index contributed by atoms with van der Waals surface area (Å²) in [5.41, 5.74) is 1.48. The Morgan fingerprint density at radius 2 is 1.92 bits per heavy atom. The Labute approximate surface area is 151 Å². The maximum atomic E-state index is 12.3. The van der Waals surface area contributed by atoms with Crippen LogP contribution in [-0.4, -0.2) is 30.9 Å². The standard InChI is InChI=1S/C19H19ClN2O3/c1-13-17(15-9-5-6-10-16(15)20)22-25-18(13)19(23)21-11-12-24-14-7-3-2-4-8-14/h2-10,13,18H,11-12H2,1H3,(H,21,23)/t13-,18+/m1/s1. The number of carbonyl (C=O) groups is 1. The number of oxime groups is 1. The predicted octanol–water partition coefficient (Wildman–Crippen LogP) is 3.27. The van der Waals surface area contributed by atoms with Crippen molar-refractivity contribution >= 4 is 23.2 Å². The number of carbonyl (C=O) groups excluding carboxylic acids is 1. The summed E-state index contributed by atoms with van der Waals surface area (Å²) in [6.45, 7) is 2.68. The number of para-hydroxylation sites is 1. The molecule has 0 saturated heterocycles. The first-order valence-corrected chi connectivity index (χ1v) is 8.49. The van der Waals surface area contributed by atoms with Crippen molar-refractivity contribution < 1.29 is 14.4 Å². The van der Waals surface area contributed by atoms with Gasteiger partial charge in [0.1, 0.15) is 12.4 Å². The number of benzene rings is 2. The molecule has 3 rings (SSSR count). The van der Waals surface area contributed by atoms with Gasteiger partial charge in [0.05, 0.1) is 18.2 Å². The number of halogens is 1. The van der Waals surface area contributed by atoms with Crippen LogP contribution in [0.3, 0.4) is 0 Å². The van der Waals surface area contributed by atoms with E-state index < -0.39 is 6.10 Å². The molecule has 0 saturated carbocycles. The van der Waals surface area contributed by atoms with E-state index in [-0.39, 0.29) is 11.8 Å². The largest absolute Gasteiger partial charge is 0.492 e. The first-order chi connectivity index (χ1) is 12.2. The molecule has 130 valence electrons. The zero-order valence-electron chi connectivity index (χ0n) is 13.8. The molecule has 6 heteroatoms. The second-order valence-electron chi connectivity index (χ2n) is 5.72. The van der Waals surface area contributed by atoms with Crippen molar-refractivity contribution in [1.29, 1.82) is 0 Å². The zero-order chi connectivity index (χ0) is 17.6. The number of rotatable bonds is 6. The van der Waals surface area contributed by atoms with Crippen LogP contribution in [0.1, 0.15) is 12.5 Å². The Bertz CT molecular complexity index is 764. The summed E-state index contributed by atoms with van der Waals surface area (Å²) in [7, 11) is 0. The van der Waals surface area contributed by atoms with Crippen LogP contribution in [-0.2, 0) is 9.63 Å². The number of hydrogen-bond acceptors (Lipinski definition) is 4. The molecule has 1 aliphatic heterocycles. The molecule has 2 atom stereocenters. The monoisotopic (exact) mass is 358 g/mol. The second-order valence-corrected chi connectivity index (χ2v) is 6.13. The van der Waals surface area contributed by atoms with E-state index in [1.165, 1.54) is 0 Å². The van der Waals surface area contributed by atoms with Crippen LogP contribution in [0.25, 0.3) is 0 Å². The van der Waals surface area contributed by atoms with Crippen LogP contribution in [0, 0.1) is 5.92 Å².